The number of hydrogen-bond donors (Lipinski definition) is 8. The fourth-order valence-electron chi connectivity index (χ4n) is 11.7. The summed E-state index contributed by atoms with van der Waals surface area (Å²) in [5, 5.41) is 10.8. The van der Waals surface area contributed by atoms with E-state index in [1.54, 1.807) is 55.8 Å². The third-order valence-corrected chi connectivity index (χ3v) is 17.1. The second-order valence-corrected chi connectivity index (χ2v) is 23.9. The molecule has 4 aromatic heterocycles. The van der Waals surface area contributed by atoms with Gasteiger partial charge in [0, 0.05) is 69.8 Å². The molecule has 10 rings (SSSR count). The average Bonchev–Trinajstić information content (AvgIpc) is 1.62. The van der Waals surface area contributed by atoms with Gasteiger partial charge in [0.15, 0.2) is 0 Å². The Morgan fingerprint density at radius 1 is 0.520 bits per heavy atom. The van der Waals surface area contributed by atoms with E-state index >= 15 is 0 Å². The summed E-state index contributed by atoms with van der Waals surface area (Å²) < 4.78 is 16.8. The van der Waals surface area contributed by atoms with Crippen molar-refractivity contribution in [2.24, 2.45) is 40.7 Å². The molecule has 0 fully saturated rings. The van der Waals surface area contributed by atoms with Gasteiger partial charge in [-0.3, -0.25) is 33.2 Å². The molecule has 3 amide bonds. The van der Waals surface area contributed by atoms with E-state index in [0.29, 0.717) is 71.9 Å². The summed E-state index contributed by atoms with van der Waals surface area (Å²) in [5.41, 5.74) is 37.1. The van der Waals surface area contributed by atoms with Crippen LogP contribution in [-0.4, -0.2) is 94.4 Å². The molecule has 20 nitrogen and oxygen atoms in total. The van der Waals surface area contributed by atoms with E-state index in [4.69, 9.17) is 37.1 Å². The van der Waals surface area contributed by atoms with Gasteiger partial charge in [0.2, 0.25) is 0 Å². The number of aromatic amines is 1. The van der Waals surface area contributed by atoms with Crippen LogP contribution in [0.2, 0.25) is 0 Å². The lowest BCUT2D eigenvalue weighted by Crippen LogP contribution is -2.44. The topological polar surface area (TPSA) is 316 Å². The second-order valence-electron chi connectivity index (χ2n) is 23.9. The first kappa shape index (κ1) is 72.2. The van der Waals surface area contributed by atoms with Crippen LogP contribution in [0.15, 0.2) is 202 Å². The van der Waals surface area contributed by atoms with Gasteiger partial charge in [0.05, 0.1) is 56.5 Å². The molecule has 6 atom stereocenters. The zero-order chi connectivity index (χ0) is 70.7. The number of ether oxygens (including phenoxy) is 3. The standard InChI is InChI=1S/C29H33N3O3.C26H26N4O3.C23H26N4O3/c1-4-27(26(29(34)35-3)17-20-7-5-9-24(15-20)19(2)31)32-28(33)23-13-11-22(12-14-23)25-10-6-8-21(16-25)18-30;1-15(27)18-8-6-7-17(11-18)12-20(26(32)33-3)16(2)29-25(31)23-13-21-19-9-4-5-10-22(19)30-24(21)14-28-23;1-14(24)18-9-7-8-17(12-18)13-19(23(29)30-4)15(2)26-22(28)21-16(3)25-20-10-5-6-11-27(20)21/h5-16,26-27H,2,4,17-18,30-31H2,1,3H3,(H,32,33);4-11,13-14,16,20,30H,1,12,27H2,2-3H3,(H,29,31);5-12,15,19H,1,13,24H2,2-4H3,(H,26,28). The van der Waals surface area contributed by atoms with Gasteiger partial charge in [-0.2, -0.15) is 0 Å². The molecule has 0 bridgehead atoms. The minimum atomic E-state index is -0.586. The van der Waals surface area contributed by atoms with Gasteiger partial charge >= 0.3 is 17.9 Å². The number of para-hydroxylation sites is 1. The monoisotopic (exact) mass is 1320 g/mol. The number of aryl methyl sites for hydroxylation is 1. The number of benzene rings is 6. The van der Waals surface area contributed by atoms with Crippen molar-refractivity contribution in [2.75, 3.05) is 21.3 Å². The summed E-state index contributed by atoms with van der Waals surface area (Å²) in [5.74, 6) is -3.76. The minimum Gasteiger partial charge on any atom is -0.469 e. The normalized spacial score (nSPS) is 12.7. The highest BCUT2D eigenvalue weighted by Gasteiger charge is 2.32. The van der Waals surface area contributed by atoms with Crippen LogP contribution < -0.4 is 38.9 Å². The lowest BCUT2D eigenvalue weighted by atomic mass is 9.89. The number of nitrogens with two attached hydrogens (primary N) is 4. The smallest absolute Gasteiger partial charge is 0.311 e. The number of amides is 3. The quantitative estimate of drug-likeness (QED) is 0.0206. The average molecular weight is 1320 g/mol. The molecule has 20 heteroatoms. The predicted molar refractivity (Wildman–Crippen MR) is 385 cm³/mol. The first-order valence-electron chi connectivity index (χ1n) is 32.0. The zero-order valence-electron chi connectivity index (χ0n) is 56.3. The van der Waals surface area contributed by atoms with Crippen molar-refractivity contribution in [1.29, 1.82) is 0 Å². The first-order valence-corrected chi connectivity index (χ1v) is 32.0. The molecule has 12 N–H and O–H groups in total. The van der Waals surface area contributed by atoms with Gasteiger partial charge in [-0.15, -0.1) is 0 Å². The maximum atomic E-state index is 13.1. The highest BCUT2D eigenvalue weighted by atomic mass is 16.5. The SMILES string of the molecule is C=C(N)c1cccc(CC(C(=O)OC)C(C)NC(=O)c2c(C)nc3ccccn23)c1.C=C(N)c1cccc(CC(C(=O)OC)C(C)NC(=O)c2cc3c(cn2)[nH]c2ccccc23)c1.C=C(N)c1cccc(CC(C(=O)OC)C(CC)NC(=O)c2ccc(-c3cccc(CN)c3)cc2)c1. The molecular weight excluding hydrogens is 1230 g/mol. The Morgan fingerprint density at radius 2 is 1.02 bits per heavy atom. The van der Waals surface area contributed by atoms with E-state index in [0.717, 1.165) is 71.9 Å². The molecule has 506 valence electrons. The number of carbonyl (C=O) groups excluding carboxylic acids is 6. The number of H-pyrrole nitrogens is 1. The van der Waals surface area contributed by atoms with Gasteiger partial charge in [-0.25, -0.2) is 9.97 Å². The number of imidazole rings is 1. The molecule has 0 spiro atoms. The number of esters is 3. The van der Waals surface area contributed by atoms with Gasteiger partial charge < -0.3 is 58.1 Å². The Bertz CT molecular complexity index is 4560. The van der Waals surface area contributed by atoms with Crippen LogP contribution in [0.1, 0.15) is 103 Å². The number of carbonyl (C=O) groups is 6. The van der Waals surface area contributed by atoms with E-state index in [1.165, 1.54) is 21.3 Å². The number of nitrogens with one attached hydrogen (secondary N) is 4. The van der Waals surface area contributed by atoms with Crippen LogP contribution >= 0.6 is 0 Å². The van der Waals surface area contributed by atoms with Crippen LogP contribution in [0.5, 0.6) is 0 Å². The lowest BCUT2D eigenvalue weighted by Gasteiger charge is -2.25. The van der Waals surface area contributed by atoms with Crippen molar-refractivity contribution >= 4 is 80.2 Å². The lowest BCUT2D eigenvalue weighted by molar-refractivity contribution is -0.147. The largest absolute Gasteiger partial charge is 0.469 e. The van der Waals surface area contributed by atoms with Gasteiger partial charge in [0.1, 0.15) is 17.0 Å². The fraction of sp³-hybridized carbons (Fsp3) is 0.231. The highest BCUT2D eigenvalue weighted by molar-refractivity contribution is 6.09. The van der Waals surface area contributed by atoms with E-state index in [-0.39, 0.29) is 29.4 Å². The number of methoxy groups -OCH3 is 3. The summed E-state index contributed by atoms with van der Waals surface area (Å²) in [4.78, 5) is 88.8. The molecule has 0 aliphatic heterocycles. The van der Waals surface area contributed by atoms with Crippen molar-refractivity contribution in [2.45, 2.75) is 78.0 Å². The highest BCUT2D eigenvalue weighted by Crippen LogP contribution is 2.28. The van der Waals surface area contributed by atoms with Crippen LogP contribution in [-0.2, 0) is 54.4 Å². The molecular formula is C78H85N11O9. The molecule has 6 aromatic carbocycles. The third kappa shape index (κ3) is 18.2. The second kappa shape index (κ2) is 33.7. The van der Waals surface area contributed by atoms with E-state index in [9.17, 15) is 28.8 Å². The molecule has 98 heavy (non-hydrogen) atoms. The molecule has 0 aliphatic carbocycles. The summed E-state index contributed by atoms with van der Waals surface area (Å²) in [6, 6.07) is 51.8. The molecule has 4 heterocycles. The molecule has 10 aromatic rings. The number of rotatable bonds is 24. The Kier molecular flexibility index (Phi) is 24.8. The van der Waals surface area contributed by atoms with Crippen molar-refractivity contribution in [1.82, 2.24) is 35.3 Å². The summed E-state index contributed by atoms with van der Waals surface area (Å²) in [6.45, 7) is 19.1. The number of fused-ring (bicyclic) bond motifs is 4. The van der Waals surface area contributed by atoms with Crippen molar-refractivity contribution < 1.29 is 43.0 Å². The Labute approximate surface area is 570 Å². The molecule has 6 unspecified atom stereocenters. The summed E-state index contributed by atoms with van der Waals surface area (Å²) in [7, 11) is 4.05. The zero-order valence-corrected chi connectivity index (χ0v) is 56.3. The van der Waals surface area contributed by atoms with Crippen molar-refractivity contribution in [3.8, 4) is 11.1 Å². The predicted octanol–water partition coefficient (Wildman–Crippen LogP) is 10.8. The Balaban J connectivity index is 0.000000188. The number of pyridine rings is 2. The van der Waals surface area contributed by atoms with Gasteiger partial charge in [0.25, 0.3) is 17.7 Å². The maximum absolute atomic E-state index is 13.1. The number of hydrogen-bond acceptors (Lipinski definition) is 15. The van der Waals surface area contributed by atoms with E-state index in [2.05, 4.69) is 50.6 Å². The summed E-state index contributed by atoms with van der Waals surface area (Å²) in [6.07, 6.45) is 5.18. The van der Waals surface area contributed by atoms with E-state index in [1.807, 2.05) is 159 Å². The molecule has 0 saturated heterocycles. The molecule has 0 saturated carbocycles. The first-order chi connectivity index (χ1) is 47.0. The van der Waals surface area contributed by atoms with Crippen LogP contribution in [0.3, 0.4) is 0 Å². The Hall–Kier alpha value is -11.6. The minimum absolute atomic E-state index is 0.239. The van der Waals surface area contributed by atoms with E-state index < -0.39 is 47.8 Å². The number of nitrogens with zero attached hydrogens (tertiary/aromatic N) is 3. The van der Waals surface area contributed by atoms with Crippen LogP contribution in [0.4, 0.5) is 0 Å². The van der Waals surface area contributed by atoms with Crippen molar-refractivity contribution in [3.05, 3.63) is 264 Å². The summed E-state index contributed by atoms with van der Waals surface area (Å²) >= 11 is 0. The number of aromatic nitrogens is 4. The van der Waals surface area contributed by atoms with Gasteiger partial charge in [-0.05, 0) is 157 Å². The van der Waals surface area contributed by atoms with Crippen LogP contribution in [0, 0.1) is 24.7 Å². The molecule has 0 aliphatic rings. The molecule has 0 radical (unpaired) electrons. The maximum Gasteiger partial charge on any atom is 0.311 e. The fourth-order valence-corrected chi connectivity index (χ4v) is 11.7. The Morgan fingerprint density at radius 3 is 1.55 bits per heavy atom. The third-order valence-electron chi connectivity index (χ3n) is 17.1. The van der Waals surface area contributed by atoms with Crippen molar-refractivity contribution in [3.63, 3.8) is 0 Å². The van der Waals surface area contributed by atoms with Crippen LogP contribution in [0.25, 0.3) is 55.7 Å². The van der Waals surface area contributed by atoms with Gasteiger partial charge in [-0.1, -0.05) is 136 Å².